The topological polar surface area (TPSA) is 41.9 Å². The number of hydrogen-bond donors (Lipinski definition) is 1. The average Bonchev–Trinajstić information content (AvgIpc) is 2.41. The lowest BCUT2D eigenvalue weighted by molar-refractivity contribution is -0.0806. The van der Waals surface area contributed by atoms with Crippen molar-refractivity contribution in [2.24, 2.45) is 0 Å². The number of benzene rings is 1. The van der Waals surface area contributed by atoms with Gasteiger partial charge in [0.25, 0.3) is 0 Å². The Morgan fingerprint density at radius 2 is 2.26 bits per heavy atom. The second kappa shape index (κ2) is 6.37. The first-order valence-electron chi connectivity index (χ1n) is 6.74. The van der Waals surface area contributed by atoms with E-state index in [1.807, 2.05) is 6.07 Å². The summed E-state index contributed by atoms with van der Waals surface area (Å²) >= 11 is 0. The lowest BCUT2D eigenvalue weighted by atomic mass is 10.1. The van der Waals surface area contributed by atoms with Gasteiger partial charge >= 0.3 is 0 Å². The van der Waals surface area contributed by atoms with Crippen LogP contribution in [0.4, 0.5) is 0 Å². The molecule has 1 N–H and O–H groups in total. The maximum Gasteiger partial charge on any atom is 0.123 e. The Bertz CT molecular complexity index is 422. The van der Waals surface area contributed by atoms with Crippen LogP contribution < -0.4 is 4.74 Å². The van der Waals surface area contributed by atoms with Crippen LogP contribution in [-0.2, 0) is 11.3 Å². The van der Waals surface area contributed by atoms with E-state index in [-0.39, 0.29) is 12.7 Å². The number of nitrogens with zero attached hydrogens (tertiary/aromatic N) is 1. The fourth-order valence-electron chi connectivity index (χ4n) is 2.46. The molecule has 1 aliphatic heterocycles. The van der Waals surface area contributed by atoms with Gasteiger partial charge in [-0.2, -0.15) is 0 Å². The molecule has 0 bridgehead atoms. The van der Waals surface area contributed by atoms with Gasteiger partial charge in [-0.3, -0.25) is 4.90 Å². The number of methoxy groups -OCH3 is 1. The molecule has 1 aromatic rings. The molecule has 0 spiro atoms. The average molecular weight is 265 g/mol. The van der Waals surface area contributed by atoms with Gasteiger partial charge in [-0.15, -0.1) is 0 Å². The monoisotopic (exact) mass is 265 g/mol. The maximum absolute atomic E-state index is 9.23. The first-order valence-corrected chi connectivity index (χ1v) is 6.74. The van der Waals surface area contributed by atoms with Crippen molar-refractivity contribution in [1.82, 2.24) is 4.90 Å². The predicted octanol–water partition coefficient (Wildman–Crippen LogP) is 1.59. The molecule has 1 heterocycles. The molecule has 106 valence electrons. The Labute approximate surface area is 114 Å². The number of morpholine rings is 1. The summed E-state index contributed by atoms with van der Waals surface area (Å²) < 4.78 is 11.0. The molecule has 1 fully saturated rings. The third-order valence-electron chi connectivity index (χ3n) is 3.65. The van der Waals surface area contributed by atoms with Gasteiger partial charge in [-0.25, -0.2) is 0 Å². The molecule has 4 nitrogen and oxygen atoms in total. The van der Waals surface area contributed by atoms with Crippen molar-refractivity contribution in [2.45, 2.75) is 32.5 Å². The summed E-state index contributed by atoms with van der Waals surface area (Å²) in [5.74, 6) is 0.921. The Kier molecular flexibility index (Phi) is 4.80. The predicted molar refractivity (Wildman–Crippen MR) is 74.4 cm³/mol. The zero-order chi connectivity index (χ0) is 13.8. The SMILES string of the molecule is COc1ccc(C)cc1CN1CC(CO)OCC1C. The van der Waals surface area contributed by atoms with E-state index in [0.29, 0.717) is 12.6 Å². The Hall–Kier alpha value is -1.10. The van der Waals surface area contributed by atoms with Gasteiger partial charge in [0.05, 0.1) is 26.4 Å². The molecule has 0 amide bonds. The molecular formula is C15H23NO3. The van der Waals surface area contributed by atoms with Crippen molar-refractivity contribution in [2.75, 3.05) is 26.9 Å². The minimum absolute atomic E-state index is 0.0768. The smallest absolute Gasteiger partial charge is 0.123 e. The highest BCUT2D eigenvalue weighted by Gasteiger charge is 2.26. The van der Waals surface area contributed by atoms with Crippen LogP contribution >= 0.6 is 0 Å². The highest BCUT2D eigenvalue weighted by atomic mass is 16.5. The normalized spacial score (nSPS) is 24.4. The van der Waals surface area contributed by atoms with Crippen molar-refractivity contribution >= 4 is 0 Å². The number of aryl methyl sites for hydroxylation is 1. The third kappa shape index (κ3) is 3.47. The van der Waals surface area contributed by atoms with Crippen LogP contribution in [0.2, 0.25) is 0 Å². The number of hydrogen-bond acceptors (Lipinski definition) is 4. The molecule has 2 unspecified atom stereocenters. The molecule has 1 aromatic carbocycles. The van der Waals surface area contributed by atoms with E-state index < -0.39 is 0 Å². The van der Waals surface area contributed by atoms with Crippen LogP contribution in [0.15, 0.2) is 18.2 Å². The Balaban J connectivity index is 2.12. The number of ether oxygens (including phenoxy) is 2. The molecule has 1 saturated heterocycles. The summed E-state index contributed by atoms with van der Waals surface area (Å²) in [6, 6.07) is 6.59. The minimum Gasteiger partial charge on any atom is -0.496 e. The van der Waals surface area contributed by atoms with Crippen LogP contribution in [0.5, 0.6) is 5.75 Å². The van der Waals surface area contributed by atoms with Gasteiger partial charge in [0, 0.05) is 24.7 Å². The summed E-state index contributed by atoms with van der Waals surface area (Å²) in [6.07, 6.45) is -0.0768. The molecule has 1 aliphatic rings. The molecular weight excluding hydrogens is 242 g/mol. The van der Waals surface area contributed by atoms with Gasteiger partial charge in [0.15, 0.2) is 0 Å². The summed E-state index contributed by atoms with van der Waals surface area (Å²) in [5.41, 5.74) is 2.42. The van der Waals surface area contributed by atoms with Gasteiger partial charge < -0.3 is 14.6 Å². The molecule has 19 heavy (non-hydrogen) atoms. The lowest BCUT2D eigenvalue weighted by Gasteiger charge is -2.37. The van der Waals surface area contributed by atoms with Crippen molar-refractivity contribution in [3.63, 3.8) is 0 Å². The van der Waals surface area contributed by atoms with E-state index in [9.17, 15) is 5.11 Å². The van der Waals surface area contributed by atoms with Crippen LogP contribution in [0.1, 0.15) is 18.1 Å². The van der Waals surface area contributed by atoms with E-state index in [1.165, 1.54) is 11.1 Å². The minimum atomic E-state index is -0.0768. The largest absolute Gasteiger partial charge is 0.496 e. The first kappa shape index (κ1) is 14.3. The summed E-state index contributed by atoms with van der Waals surface area (Å²) in [4.78, 5) is 2.34. The zero-order valence-corrected chi connectivity index (χ0v) is 11.9. The van der Waals surface area contributed by atoms with Gasteiger partial charge in [-0.05, 0) is 19.9 Å². The Morgan fingerprint density at radius 1 is 1.47 bits per heavy atom. The number of aliphatic hydroxyl groups excluding tert-OH is 1. The molecule has 0 aliphatic carbocycles. The maximum atomic E-state index is 9.23. The van der Waals surface area contributed by atoms with Crippen molar-refractivity contribution < 1.29 is 14.6 Å². The van der Waals surface area contributed by atoms with Gasteiger partial charge in [0.1, 0.15) is 5.75 Å². The van der Waals surface area contributed by atoms with E-state index in [2.05, 4.69) is 30.9 Å². The first-order chi connectivity index (χ1) is 9.13. The van der Waals surface area contributed by atoms with E-state index >= 15 is 0 Å². The fraction of sp³-hybridized carbons (Fsp3) is 0.600. The molecule has 0 aromatic heterocycles. The van der Waals surface area contributed by atoms with E-state index in [1.54, 1.807) is 7.11 Å². The molecule has 0 saturated carbocycles. The number of rotatable bonds is 4. The third-order valence-corrected chi connectivity index (χ3v) is 3.65. The van der Waals surface area contributed by atoms with Gasteiger partial charge in [0.2, 0.25) is 0 Å². The van der Waals surface area contributed by atoms with Crippen molar-refractivity contribution in [1.29, 1.82) is 0 Å². The van der Waals surface area contributed by atoms with Crippen LogP contribution in [0, 0.1) is 6.92 Å². The van der Waals surface area contributed by atoms with Crippen molar-refractivity contribution in [3.8, 4) is 5.75 Å². The molecule has 0 radical (unpaired) electrons. The summed E-state index contributed by atoms with van der Waals surface area (Å²) in [6.45, 7) is 6.56. The number of aliphatic hydroxyl groups is 1. The molecule has 2 rings (SSSR count). The summed E-state index contributed by atoms with van der Waals surface area (Å²) in [7, 11) is 1.70. The van der Waals surface area contributed by atoms with Crippen LogP contribution in [0.25, 0.3) is 0 Å². The van der Waals surface area contributed by atoms with Crippen molar-refractivity contribution in [3.05, 3.63) is 29.3 Å². The quantitative estimate of drug-likeness (QED) is 0.897. The fourth-order valence-corrected chi connectivity index (χ4v) is 2.46. The second-order valence-corrected chi connectivity index (χ2v) is 5.23. The Morgan fingerprint density at radius 3 is 2.95 bits per heavy atom. The van der Waals surface area contributed by atoms with E-state index in [0.717, 1.165) is 18.8 Å². The highest BCUT2D eigenvalue weighted by molar-refractivity contribution is 5.36. The second-order valence-electron chi connectivity index (χ2n) is 5.23. The summed E-state index contributed by atoms with van der Waals surface area (Å²) in [5, 5.41) is 9.23. The van der Waals surface area contributed by atoms with E-state index in [4.69, 9.17) is 9.47 Å². The zero-order valence-electron chi connectivity index (χ0n) is 11.9. The lowest BCUT2D eigenvalue weighted by Crippen LogP contribution is -2.48. The highest BCUT2D eigenvalue weighted by Crippen LogP contribution is 2.23. The molecule has 2 atom stereocenters. The van der Waals surface area contributed by atoms with Gasteiger partial charge in [-0.1, -0.05) is 17.7 Å². The standard InChI is InChI=1S/C15H23NO3/c1-11-4-5-15(18-3)13(6-11)7-16-8-14(9-17)19-10-12(16)2/h4-6,12,14,17H,7-10H2,1-3H3. The van der Waals surface area contributed by atoms with Crippen LogP contribution in [0.3, 0.4) is 0 Å². The molecule has 4 heteroatoms. The van der Waals surface area contributed by atoms with Crippen LogP contribution in [-0.4, -0.2) is 49.0 Å².